The van der Waals surface area contributed by atoms with Crippen LogP contribution in [0.15, 0.2) is 36.8 Å². The number of benzene rings is 1. The highest BCUT2D eigenvalue weighted by molar-refractivity contribution is 5.86. The molecule has 1 fully saturated rings. The maximum atomic E-state index is 5.41. The Bertz CT molecular complexity index is 854. The van der Waals surface area contributed by atoms with Crippen LogP contribution in [0.3, 0.4) is 0 Å². The van der Waals surface area contributed by atoms with E-state index in [0.717, 1.165) is 56.2 Å². The van der Waals surface area contributed by atoms with E-state index in [1.807, 2.05) is 10.9 Å². The molecule has 0 unspecified atom stereocenters. The fourth-order valence-corrected chi connectivity index (χ4v) is 3.28. The highest BCUT2D eigenvalue weighted by Crippen LogP contribution is 2.19. The molecule has 0 radical (unpaired) electrons. The summed E-state index contributed by atoms with van der Waals surface area (Å²) in [6.45, 7) is 8.62. The van der Waals surface area contributed by atoms with Crippen LogP contribution in [0.4, 0.5) is 5.82 Å². The fourth-order valence-electron chi connectivity index (χ4n) is 3.28. The number of ether oxygens (including phenoxy) is 1. The van der Waals surface area contributed by atoms with E-state index in [9.17, 15) is 0 Å². The Hall–Kier alpha value is -2.51. The van der Waals surface area contributed by atoms with Crippen molar-refractivity contribution in [2.24, 2.45) is 0 Å². The summed E-state index contributed by atoms with van der Waals surface area (Å²) in [5.41, 5.74) is 3.33. The summed E-state index contributed by atoms with van der Waals surface area (Å²) in [6.07, 6.45) is 3.47. The number of quaternary nitrogens is 1. The molecule has 26 heavy (non-hydrogen) atoms. The number of morpholine rings is 1. The van der Waals surface area contributed by atoms with Crippen LogP contribution >= 0.6 is 0 Å². The molecule has 1 aromatic carbocycles. The summed E-state index contributed by atoms with van der Waals surface area (Å²) in [7, 11) is 0. The number of rotatable bonds is 6. The molecule has 3 aromatic rings. The van der Waals surface area contributed by atoms with Gasteiger partial charge in [0.25, 0.3) is 0 Å². The minimum atomic E-state index is 0.707. The standard InChI is InChI=1S/C19H24N6O/c1-15-2-4-16(5-3-15)13-25-19-17(12-23-25)18(21-14-22-19)20-6-7-24-8-10-26-11-9-24/h2-5,12,14H,6-11,13H2,1H3,(H,20,21,22)/p+1. The van der Waals surface area contributed by atoms with E-state index >= 15 is 0 Å². The topological polar surface area (TPSA) is 69.3 Å². The molecule has 3 heterocycles. The van der Waals surface area contributed by atoms with E-state index in [1.165, 1.54) is 11.1 Å². The molecule has 0 saturated carbocycles. The van der Waals surface area contributed by atoms with Crippen LogP contribution in [0, 0.1) is 6.92 Å². The van der Waals surface area contributed by atoms with Gasteiger partial charge in [0.1, 0.15) is 25.2 Å². The van der Waals surface area contributed by atoms with Crippen molar-refractivity contribution in [3.63, 3.8) is 0 Å². The van der Waals surface area contributed by atoms with E-state index in [2.05, 4.69) is 51.6 Å². The Kier molecular flexibility index (Phi) is 5.08. The monoisotopic (exact) mass is 353 g/mol. The zero-order valence-electron chi connectivity index (χ0n) is 15.1. The van der Waals surface area contributed by atoms with Gasteiger partial charge >= 0.3 is 0 Å². The van der Waals surface area contributed by atoms with Crippen molar-refractivity contribution in [3.8, 4) is 0 Å². The zero-order valence-corrected chi connectivity index (χ0v) is 15.1. The quantitative estimate of drug-likeness (QED) is 0.676. The Morgan fingerprint density at radius 1 is 1.15 bits per heavy atom. The van der Waals surface area contributed by atoms with Crippen LogP contribution in [0.2, 0.25) is 0 Å². The number of hydrogen-bond acceptors (Lipinski definition) is 5. The first-order chi connectivity index (χ1) is 12.8. The van der Waals surface area contributed by atoms with Gasteiger partial charge in [-0.1, -0.05) is 29.8 Å². The lowest BCUT2D eigenvalue weighted by Crippen LogP contribution is -3.14. The van der Waals surface area contributed by atoms with Crippen molar-refractivity contribution in [1.82, 2.24) is 19.7 Å². The summed E-state index contributed by atoms with van der Waals surface area (Å²) in [4.78, 5) is 10.4. The molecular formula is C19H25N6O+. The van der Waals surface area contributed by atoms with E-state index in [1.54, 1.807) is 11.2 Å². The predicted octanol–water partition coefficient (Wildman–Crippen LogP) is 0.510. The lowest BCUT2D eigenvalue weighted by atomic mass is 10.1. The molecule has 0 amide bonds. The fraction of sp³-hybridized carbons (Fsp3) is 0.421. The summed E-state index contributed by atoms with van der Waals surface area (Å²) in [5.74, 6) is 0.859. The molecule has 1 saturated heterocycles. The molecule has 0 bridgehead atoms. The van der Waals surface area contributed by atoms with Gasteiger partial charge < -0.3 is 15.0 Å². The SMILES string of the molecule is Cc1ccc(Cn2ncc3c(NCC[NH+]4CCOCC4)ncnc32)cc1. The van der Waals surface area contributed by atoms with Crippen LogP contribution < -0.4 is 10.2 Å². The number of anilines is 1. The Morgan fingerprint density at radius 3 is 2.77 bits per heavy atom. The smallest absolute Gasteiger partial charge is 0.163 e. The molecule has 7 nitrogen and oxygen atoms in total. The number of aromatic nitrogens is 4. The second kappa shape index (κ2) is 7.80. The van der Waals surface area contributed by atoms with Gasteiger partial charge in [0, 0.05) is 0 Å². The van der Waals surface area contributed by atoms with Crippen molar-refractivity contribution in [3.05, 3.63) is 47.9 Å². The largest absolute Gasteiger partial charge is 0.370 e. The number of fused-ring (bicyclic) bond motifs is 1. The lowest BCUT2D eigenvalue weighted by molar-refractivity contribution is -0.906. The highest BCUT2D eigenvalue weighted by atomic mass is 16.5. The van der Waals surface area contributed by atoms with Gasteiger partial charge in [-0.2, -0.15) is 5.10 Å². The van der Waals surface area contributed by atoms with Crippen molar-refractivity contribution in [2.75, 3.05) is 44.7 Å². The van der Waals surface area contributed by atoms with Crippen LogP contribution in [-0.4, -0.2) is 59.1 Å². The van der Waals surface area contributed by atoms with E-state index in [-0.39, 0.29) is 0 Å². The third kappa shape index (κ3) is 3.84. The number of hydrogen-bond donors (Lipinski definition) is 2. The predicted molar refractivity (Wildman–Crippen MR) is 100 cm³/mol. The van der Waals surface area contributed by atoms with Crippen LogP contribution in [0.5, 0.6) is 0 Å². The molecule has 0 spiro atoms. The summed E-state index contributed by atoms with van der Waals surface area (Å²) in [5, 5.41) is 8.95. The minimum Gasteiger partial charge on any atom is -0.370 e. The summed E-state index contributed by atoms with van der Waals surface area (Å²) >= 11 is 0. The van der Waals surface area contributed by atoms with Gasteiger partial charge in [-0.05, 0) is 12.5 Å². The zero-order chi connectivity index (χ0) is 17.8. The molecule has 1 aliphatic rings. The Morgan fingerprint density at radius 2 is 1.96 bits per heavy atom. The first kappa shape index (κ1) is 16.9. The number of nitrogens with zero attached hydrogens (tertiary/aromatic N) is 4. The van der Waals surface area contributed by atoms with Crippen molar-refractivity contribution in [1.29, 1.82) is 0 Å². The summed E-state index contributed by atoms with van der Waals surface area (Å²) < 4.78 is 7.34. The van der Waals surface area contributed by atoms with Crippen molar-refractivity contribution in [2.45, 2.75) is 13.5 Å². The van der Waals surface area contributed by atoms with Crippen LogP contribution in [0.25, 0.3) is 11.0 Å². The molecular weight excluding hydrogens is 328 g/mol. The second-order valence-corrected chi connectivity index (χ2v) is 6.79. The summed E-state index contributed by atoms with van der Waals surface area (Å²) in [6, 6.07) is 8.51. The number of nitrogens with one attached hydrogen (secondary N) is 2. The Balaban J connectivity index is 1.45. The van der Waals surface area contributed by atoms with Gasteiger partial charge in [-0.25, -0.2) is 14.6 Å². The third-order valence-electron chi connectivity index (χ3n) is 4.86. The molecule has 0 atom stereocenters. The second-order valence-electron chi connectivity index (χ2n) is 6.79. The average Bonchev–Trinajstić information content (AvgIpc) is 3.08. The van der Waals surface area contributed by atoms with Gasteiger partial charge in [-0.3, -0.25) is 0 Å². The van der Waals surface area contributed by atoms with Crippen LogP contribution in [0.1, 0.15) is 11.1 Å². The first-order valence-electron chi connectivity index (χ1n) is 9.17. The maximum absolute atomic E-state index is 5.41. The van der Waals surface area contributed by atoms with Gasteiger partial charge in [0.05, 0.1) is 44.4 Å². The van der Waals surface area contributed by atoms with Crippen molar-refractivity contribution >= 4 is 16.9 Å². The van der Waals surface area contributed by atoms with Crippen molar-refractivity contribution < 1.29 is 9.64 Å². The molecule has 7 heteroatoms. The van der Waals surface area contributed by atoms with E-state index in [0.29, 0.717) is 6.54 Å². The van der Waals surface area contributed by atoms with Crippen LogP contribution in [-0.2, 0) is 11.3 Å². The molecule has 136 valence electrons. The van der Waals surface area contributed by atoms with Gasteiger partial charge in [-0.15, -0.1) is 0 Å². The molecule has 2 aromatic heterocycles. The molecule has 2 N–H and O–H groups in total. The number of aryl methyl sites for hydroxylation is 1. The molecule has 1 aliphatic heterocycles. The van der Waals surface area contributed by atoms with E-state index in [4.69, 9.17) is 4.74 Å². The maximum Gasteiger partial charge on any atom is 0.163 e. The van der Waals surface area contributed by atoms with E-state index < -0.39 is 0 Å². The average molecular weight is 353 g/mol. The first-order valence-corrected chi connectivity index (χ1v) is 9.17. The normalized spacial score (nSPS) is 15.4. The minimum absolute atomic E-state index is 0.707. The third-order valence-corrected chi connectivity index (χ3v) is 4.86. The molecule has 4 rings (SSSR count). The van der Waals surface area contributed by atoms with Gasteiger partial charge in [0.15, 0.2) is 5.65 Å². The molecule has 0 aliphatic carbocycles. The lowest BCUT2D eigenvalue weighted by Gasteiger charge is -2.23. The Labute approximate surface area is 153 Å². The van der Waals surface area contributed by atoms with Gasteiger partial charge in [0.2, 0.25) is 0 Å². The highest BCUT2D eigenvalue weighted by Gasteiger charge is 2.14.